The van der Waals surface area contributed by atoms with Crippen molar-refractivity contribution in [3.63, 3.8) is 0 Å². The van der Waals surface area contributed by atoms with E-state index in [-0.39, 0.29) is 11.9 Å². The number of benzene rings is 2. The predicted octanol–water partition coefficient (Wildman–Crippen LogP) is 3.78. The number of likely N-dealkylation sites (tertiary alicyclic amines) is 1. The van der Waals surface area contributed by atoms with E-state index < -0.39 is 0 Å². The zero-order valence-corrected chi connectivity index (χ0v) is 19.8. The molecule has 5 aromatic rings. The van der Waals surface area contributed by atoms with Crippen LogP contribution in [0.2, 0.25) is 0 Å². The Morgan fingerprint density at radius 2 is 2.03 bits per heavy atom. The van der Waals surface area contributed by atoms with Gasteiger partial charge >= 0.3 is 0 Å². The van der Waals surface area contributed by atoms with Crippen molar-refractivity contribution < 1.29 is 9.53 Å². The number of carbonyl (C=O) groups excluding carboxylic acids is 1. The number of hydrogen-bond acceptors (Lipinski definition) is 8. The first-order valence-electron chi connectivity index (χ1n) is 11.7. The summed E-state index contributed by atoms with van der Waals surface area (Å²) >= 11 is 0. The van der Waals surface area contributed by atoms with Crippen LogP contribution >= 0.6 is 0 Å². The minimum Gasteiger partial charge on any atom is -0.457 e. The summed E-state index contributed by atoms with van der Waals surface area (Å²) in [6.45, 7) is 4.18. The molecule has 36 heavy (non-hydrogen) atoms. The predicted molar refractivity (Wildman–Crippen MR) is 130 cm³/mol. The van der Waals surface area contributed by atoms with Gasteiger partial charge in [-0.25, -0.2) is 9.97 Å². The molecule has 3 aromatic heterocycles. The molecule has 0 bridgehead atoms. The van der Waals surface area contributed by atoms with Crippen LogP contribution < -0.4 is 4.74 Å². The number of nitrogens with zero attached hydrogens (tertiary/aromatic N) is 8. The van der Waals surface area contributed by atoms with Crippen LogP contribution in [0, 0.1) is 6.92 Å². The number of imidazole rings is 1. The maximum atomic E-state index is 12.4. The monoisotopic (exact) mass is 481 g/mol. The van der Waals surface area contributed by atoms with Crippen LogP contribution in [0.3, 0.4) is 0 Å². The average molecular weight is 482 g/mol. The third kappa shape index (κ3) is 3.94. The number of H-pyrrole nitrogens is 1. The van der Waals surface area contributed by atoms with Crippen LogP contribution in [-0.2, 0) is 4.79 Å². The van der Waals surface area contributed by atoms with Crippen LogP contribution in [-0.4, -0.2) is 57.5 Å². The number of fused-ring (bicyclic) bond motifs is 1. The Morgan fingerprint density at radius 3 is 2.75 bits per heavy atom. The zero-order valence-electron chi connectivity index (χ0n) is 19.8. The second-order valence-electron chi connectivity index (χ2n) is 8.69. The van der Waals surface area contributed by atoms with E-state index in [1.54, 1.807) is 30.2 Å². The van der Waals surface area contributed by atoms with Crippen LogP contribution in [0.25, 0.3) is 28.2 Å². The molecule has 180 valence electrons. The molecule has 0 radical (unpaired) electrons. The second kappa shape index (κ2) is 8.84. The molecule has 6 rings (SSSR count). The van der Waals surface area contributed by atoms with Crippen LogP contribution in [0.15, 0.2) is 55.0 Å². The topological polar surface area (TPSA) is 128 Å². The molecular formula is C25H23N9O2. The van der Waals surface area contributed by atoms with Gasteiger partial charge in [-0.3, -0.25) is 9.78 Å². The van der Waals surface area contributed by atoms with E-state index in [4.69, 9.17) is 9.72 Å². The smallest absolute Gasteiger partial charge is 0.219 e. The number of amides is 1. The van der Waals surface area contributed by atoms with Crippen LogP contribution in [0.1, 0.15) is 37.2 Å². The van der Waals surface area contributed by atoms with Gasteiger partial charge in [0.25, 0.3) is 0 Å². The third-order valence-corrected chi connectivity index (χ3v) is 6.37. The Balaban J connectivity index is 1.41. The largest absolute Gasteiger partial charge is 0.457 e. The zero-order chi connectivity index (χ0) is 24.6. The van der Waals surface area contributed by atoms with Gasteiger partial charge in [0.15, 0.2) is 11.6 Å². The quantitative estimate of drug-likeness (QED) is 0.402. The van der Waals surface area contributed by atoms with E-state index in [9.17, 15) is 4.79 Å². The lowest BCUT2D eigenvalue weighted by Gasteiger charge is -2.25. The minimum absolute atomic E-state index is 0.0505. The first-order valence-corrected chi connectivity index (χ1v) is 11.7. The lowest BCUT2D eigenvalue weighted by Crippen LogP contribution is -2.28. The number of aromatic amines is 1. The van der Waals surface area contributed by atoms with Gasteiger partial charge < -0.3 is 14.6 Å². The first-order chi connectivity index (χ1) is 17.6. The molecule has 11 heteroatoms. The Morgan fingerprint density at radius 1 is 1.17 bits per heavy atom. The molecule has 1 saturated heterocycles. The SMILES string of the molecule is CC(=O)N1CCCC1c1cc2[nH]c(-c3cnccn3)nc2cc1Oc1ccc(-n2nnnc2C)cc1. The Kier molecular flexibility index (Phi) is 5.36. The molecule has 1 atom stereocenters. The molecule has 2 aromatic carbocycles. The summed E-state index contributed by atoms with van der Waals surface area (Å²) < 4.78 is 8.05. The molecule has 0 aliphatic carbocycles. The number of tetrazole rings is 1. The summed E-state index contributed by atoms with van der Waals surface area (Å²) in [7, 11) is 0. The minimum atomic E-state index is -0.0756. The van der Waals surface area contributed by atoms with Gasteiger partial charge in [0, 0.05) is 37.5 Å². The molecule has 1 amide bonds. The van der Waals surface area contributed by atoms with Gasteiger partial charge in [0.1, 0.15) is 17.2 Å². The fourth-order valence-electron chi connectivity index (χ4n) is 4.67. The lowest BCUT2D eigenvalue weighted by molar-refractivity contribution is -0.129. The molecule has 1 aliphatic rings. The van der Waals surface area contributed by atoms with Crippen molar-refractivity contribution in [3.8, 4) is 28.7 Å². The average Bonchev–Trinajstić information content (AvgIpc) is 3.64. The lowest BCUT2D eigenvalue weighted by atomic mass is 10.0. The Bertz CT molecular complexity index is 1540. The number of carbonyl (C=O) groups is 1. The van der Waals surface area contributed by atoms with Crippen molar-refractivity contribution in [2.45, 2.75) is 32.7 Å². The van der Waals surface area contributed by atoms with Gasteiger partial charge in [0.2, 0.25) is 5.91 Å². The van der Waals surface area contributed by atoms with E-state index in [1.807, 2.05) is 48.2 Å². The van der Waals surface area contributed by atoms with Gasteiger partial charge in [-0.1, -0.05) is 0 Å². The first kappa shape index (κ1) is 21.8. The third-order valence-electron chi connectivity index (χ3n) is 6.37. The van der Waals surface area contributed by atoms with Crippen molar-refractivity contribution in [3.05, 3.63) is 66.4 Å². The highest BCUT2D eigenvalue weighted by Gasteiger charge is 2.31. The maximum Gasteiger partial charge on any atom is 0.219 e. The van der Waals surface area contributed by atoms with Crippen molar-refractivity contribution in [1.82, 2.24) is 45.0 Å². The summed E-state index contributed by atoms with van der Waals surface area (Å²) in [4.78, 5) is 30.8. The Hall–Kier alpha value is -4.67. The summed E-state index contributed by atoms with van der Waals surface area (Å²) in [5.74, 6) is 2.68. The van der Waals surface area contributed by atoms with Crippen molar-refractivity contribution >= 4 is 16.9 Å². The van der Waals surface area contributed by atoms with Gasteiger partial charge in [-0.15, -0.1) is 5.10 Å². The number of hydrogen-bond donors (Lipinski definition) is 1. The van der Waals surface area contributed by atoms with Gasteiger partial charge in [0.05, 0.1) is 29.0 Å². The number of rotatable bonds is 5. The highest BCUT2D eigenvalue weighted by molar-refractivity contribution is 5.82. The normalized spacial score (nSPS) is 15.5. The van der Waals surface area contributed by atoms with Crippen molar-refractivity contribution in [1.29, 1.82) is 0 Å². The van der Waals surface area contributed by atoms with Crippen LogP contribution in [0.4, 0.5) is 0 Å². The number of nitrogens with one attached hydrogen (secondary N) is 1. The summed E-state index contributed by atoms with van der Waals surface area (Å²) in [5.41, 5.74) is 4.00. The number of aryl methyl sites for hydroxylation is 1. The molecule has 0 spiro atoms. The molecule has 1 unspecified atom stereocenters. The standard InChI is InChI=1S/C25H23N9O2/c1-15-30-31-32-34(15)17-5-7-18(8-6-17)36-24-13-21-20(28-25(29-21)22-14-26-9-10-27-22)12-19(24)23-4-3-11-33(23)16(2)35/h5-10,12-14,23H,3-4,11H2,1-2H3,(H,28,29). The molecule has 4 heterocycles. The highest BCUT2D eigenvalue weighted by Crippen LogP contribution is 2.41. The molecule has 1 fully saturated rings. The van der Waals surface area contributed by atoms with Gasteiger partial charge in [-0.2, -0.15) is 4.68 Å². The molecule has 1 N–H and O–H groups in total. The summed E-state index contributed by atoms with van der Waals surface area (Å²) in [6, 6.07) is 11.4. The van der Waals surface area contributed by atoms with E-state index in [0.717, 1.165) is 41.7 Å². The van der Waals surface area contributed by atoms with E-state index in [0.29, 0.717) is 28.8 Å². The van der Waals surface area contributed by atoms with Crippen LogP contribution in [0.5, 0.6) is 11.5 Å². The van der Waals surface area contributed by atoms with Crippen molar-refractivity contribution in [2.24, 2.45) is 0 Å². The second-order valence-corrected chi connectivity index (χ2v) is 8.69. The summed E-state index contributed by atoms with van der Waals surface area (Å²) in [5, 5.41) is 11.6. The molecule has 1 aliphatic heterocycles. The fraction of sp³-hybridized carbons (Fsp3) is 0.240. The van der Waals surface area contributed by atoms with E-state index in [2.05, 4.69) is 30.5 Å². The number of ether oxygens (including phenoxy) is 1. The Labute approximate surface area is 206 Å². The molecular weight excluding hydrogens is 458 g/mol. The van der Waals surface area contributed by atoms with Crippen molar-refractivity contribution in [2.75, 3.05) is 6.54 Å². The molecule has 0 saturated carbocycles. The van der Waals surface area contributed by atoms with E-state index in [1.165, 1.54) is 0 Å². The van der Waals surface area contributed by atoms with Gasteiger partial charge in [-0.05, 0) is 60.5 Å². The highest BCUT2D eigenvalue weighted by atomic mass is 16.5. The maximum absolute atomic E-state index is 12.4. The summed E-state index contributed by atoms with van der Waals surface area (Å²) in [6.07, 6.45) is 6.73. The fourth-order valence-corrected chi connectivity index (χ4v) is 4.67. The number of aromatic nitrogens is 8. The molecule has 11 nitrogen and oxygen atoms in total. The van der Waals surface area contributed by atoms with E-state index >= 15 is 0 Å².